The second-order valence-corrected chi connectivity index (χ2v) is 8.93. The molecule has 5 aromatic rings. The fraction of sp³-hybridized carbons (Fsp3) is 0.185. The minimum Gasteiger partial charge on any atom is -0.494 e. The monoisotopic (exact) mass is 501 g/mol. The van der Waals surface area contributed by atoms with Gasteiger partial charge in [-0.05, 0) is 61.9 Å². The van der Waals surface area contributed by atoms with Gasteiger partial charge in [0.1, 0.15) is 21.8 Å². The van der Waals surface area contributed by atoms with Gasteiger partial charge >= 0.3 is 5.97 Å². The van der Waals surface area contributed by atoms with Gasteiger partial charge in [-0.15, -0.1) is 5.10 Å². The number of carbonyl (C=O) groups excluding carboxylic acids is 1. The first-order valence-electron chi connectivity index (χ1n) is 11.6. The average Bonchev–Trinajstić information content (AvgIpc) is 3.61. The number of carbonyl (C=O) groups is 1. The molecule has 0 saturated carbocycles. The standard InChI is InChI=1S/C27H23N3O5S/c1-3-15-34-20-11-9-18(10-12-20)24-28-27-30(29-24)25(31)23(36-27)16-21-13-14-22(35-21)17-5-7-19(8-6-17)26(32)33-4-2/h5-14,16H,3-4,15H2,1-2H3. The number of furan rings is 1. The molecule has 0 saturated heterocycles. The molecule has 182 valence electrons. The highest BCUT2D eigenvalue weighted by Gasteiger charge is 2.13. The Morgan fingerprint density at radius 1 is 1.03 bits per heavy atom. The Hall–Kier alpha value is -4.24. The Morgan fingerprint density at radius 3 is 2.47 bits per heavy atom. The molecule has 0 bridgehead atoms. The van der Waals surface area contributed by atoms with Crippen molar-refractivity contribution >= 4 is 28.3 Å². The molecule has 2 aromatic carbocycles. The SMILES string of the molecule is CCCOc1ccc(-c2nc3sc(=Cc4ccc(-c5ccc(C(=O)OCC)cc5)o4)c(=O)n3n2)cc1. The molecule has 0 N–H and O–H groups in total. The van der Waals surface area contributed by atoms with Gasteiger partial charge in [-0.2, -0.15) is 9.50 Å². The van der Waals surface area contributed by atoms with Gasteiger partial charge in [0.15, 0.2) is 5.82 Å². The molecule has 36 heavy (non-hydrogen) atoms. The van der Waals surface area contributed by atoms with Crippen molar-refractivity contribution in [3.8, 4) is 28.5 Å². The predicted octanol–water partition coefficient (Wildman–Crippen LogP) is 4.59. The number of esters is 1. The van der Waals surface area contributed by atoms with Crippen LogP contribution in [0.5, 0.6) is 5.75 Å². The third kappa shape index (κ3) is 4.78. The van der Waals surface area contributed by atoms with Crippen LogP contribution in [0.4, 0.5) is 0 Å². The molecule has 3 heterocycles. The summed E-state index contributed by atoms with van der Waals surface area (Å²) in [5, 5.41) is 4.40. The number of nitrogens with zero attached hydrogens (tertiary/aromatic N) is 3. The first-order chi connectivity index (χ1) is 17.6. The van der Waals surface area contributed by atoms with Crippen LogP contribution in [-0.4, -0.2) is 33.8 Å². The van der Waals surface area contributed by atoms with Crippen molar-refractivity contribution in [3.05, 3.63) is 86.9 Å². The zero-order valence-electron chi connectivity index (χ0n) is 19.8. The highest BCUT2D eigenvalue weighted by atomic mass is 32.1. The molecule has 5 rings (SSSR count). The molecule has 0 radical (unpaired) electrons. The minimum atomic E-state index is -0.363. The van der Waals surface area contributed by atoms with E-state index < -0.39 is 0 Å². The summed E-state index contributed by atoms with van der Waals surface area (Å²) >= 11 is 1.25. The van der Waals surface area contributed by atoms with Crippen LogP contribution in [0.1, 0.15) is 36.4 Å². The Kier molecular flexibility index (Phi) is 6.64. The van der Waals surface area contributed by atoms with E-state index in [9.17, 15) is 9.59 Å². The minimum absolute atomic E-state index is 0.256. The average molecular weight is 502 g/mol. The maximum atomic E-state index is 12.9. The van der Waals surface area contributed by atoms with Crippen molar-refractivity contribution in [3.63, 3.8) is 0 Å². The maximum absolute atomic E-state index is 12.9. The number of benzene rings is 2. The zero-order valence-corrected chi connectivity index (χ0v) is 20.6. The lowest BCUT2D eigenvalue weighted by Crippen LogP contribution is -2.23. The van der Waals surface area contributed by atoms with E-state index in [0.717, 1.165) is 23.3 Å². The van der Waals surface area contributed by atoms with Crippen LogP contribution in [-0.2, 0) is 4.74 Å². The van der Waals surface area contributed by atoms with E-state index in [1.807, 2.05) is 30.3 Å². The molecule has 0 atom stereocenters. The Morgan fingerprint density at radius 2 is 1.78 bits per heavy atom. The number of rotatable bonds is 8. The number of fused-ring (bicyclic) bond motifs is 1. The largest absolute Gasteiger partial charge is 0.494 e. The van der Waals surface area contributed by atoms with Crippen LogP contribution < -0.4 is 14.8 Å². The molecule has 0 amide bonds. The van der Waals surface area contributed by atoms with Gasteiger partial charge in [-0.3, -0.25) is 4.79 Å². The smallest absolute Gasteiger partial charge is 0.338 e. The Balaban J connectivity index is 1.37. The topological polar surface area (TPSA) is 95.9 Å². The van der Waals surface area contributed by atoms with E-state index in [4.69, 9.17) is 13.9 Å². The molecule has 0 aliphatic rings. The van der Waals surface area contributed by atoms with E-state index >= 15 is 0 Å². The van der Waals surface area contributed by atoms with Gasteiger partial charge in [0.05, 0.1) is 18.8 Å². The number of aromatic nitrogens is 3. The van der Waals surface area contributed by atoms with Crippen molar-refractivity contribution in [1.82, 2.24) is 14.6 Å². The highest BCUT2D eigenvalue weighted by Crippen LogP contribution is 2.24. The van der Waals surface area contributed by atoms with Crippen LogP contribution in [0.2, 0.25) is 0 Å². The third-order valence-corrected chi connectivity index (χ3v) is 6.31. The molecule has 8 nitrogen and oxygen atoms in total. The van der Waals surface area contributed by atoms with E-state index in [2.05, 4.69) is 17.0 Å². The van der Waals surface area contributed by atoms with Gasteiger partial charge in [0, 0.05) is 17.2 Å². The first-order valence-corrected chi connectivity index (χ1v) is 12.4. The van der Waals surface area contributed by atoms with Crippen LogP contribution in [0, 0.1) is 0 Å². The maximum Gasteiger partial charge on any atom is 0.338 e. The summed E-state index contributed by atoms with van der Waals surface area (Å²) in [6.07, 6.45) is 2.62. The molecule has 0 aliphatic carbocycles. The lowest BCUT2D eigenvalue weighted by atomic mass is 10.1. The fourth-order valence-electron chi connectivity index (χ4n) is 3.58. The summed E-state index contributed by atoms with van der Waals surface area (Å²) < 4.78 is 18.3. The van der Waals surface area contributed by atoms with Crippen molar-refractivity contribution in [2.75, 3.05) is 13.2 Å². The van der Waals surface area contributed by atoms with E-state index in [1.165, 1.54) is 15.9 Å². The summed E-state index contributed by atoms with van der Waals surface area (Å²) in [5.41, 5.74) is 1.84. The van der Waals surface area contributed by atoms with Crippen LogP contribution in [0.25, 0.3) is 33.7 Å². The second kappa shape index (κ2) is 10.2. The Labute approximate surface area is 210 Å². The molecule has 3 aromatic heterocycles. The number of thiazole rings is 1. The van der Waals surface area contributed by atoms with Crippen LogP contribution in [0.3, 0.4) is 0 Å². The third-order valence-electron chi connectivity index (χ3n) is 5.35. The van der Waals surface area contributed by atoms with Gasteiger partial charge in [0.2, 0.25) is 4.96 Å². The molecule has 9 heteroatoms. The lowest BCUT2D eigenvalue weighted by molar-refractivity contribution is 0.0526. The molecule has 0 spiro atoms. The van der Waals surface area contributed by atoms with Crippen LogP contribution in [0.15, 0.2) is 69.9 Å². The first kappa shape index (κ1) is 23.5. The number of hydrogen-bond acceptors (Lipinski definition) is 8. The van der Waals surface area contributed by atoms with E-state index in [-0.39, 0.29) is 11.5 Å². The molecule has 0 unspecified atom stereocenters. The predicted molar refractivity (Wildman–Crippen MR) is 137 cm³/mol. The highest BCUT2D eigenvalue weighted by molar-refractivity contribution is 7.15. The van der Waals surface area contributed by atoms with Gasteiger partial charge in [-0.1, -0.05) is 30.4 Å². The van der Waals surface area contributed by atoms with Crippen LogP contribution >= 0.6 is 11.3 Å². The summed E-state index contributed by atoms with van der Waals surface area (Å²) in [6, 6.07) is 18.1. The molecule has 0 fully saturated rings. The van der Waals surface area contributed by atoms with Gasteiger partial charge < -0.3 is 13.9 Å². The molecular weight excluding hydrogens is 478 g/mol. The molecular formula is C27H23N3O5S. The Bertz CT molecular complexity index is 1610. The normalized spacial score (nSPS) is 11.8. The van der Waals surface area contributed by atoms with Crippen molar-refractivity contribution < 1.29 is 18.7 Å². The van der Waals surface area contributed by atoms with E-state index in [0.29, 0.717) is 45.6 Å². The number of ether oxygens (including phenoxy) is 2. The molecule has 0 aliphatic heterocycles. The summed E-state index contributed by atoms with van der Waals surface area (Å²) in [7, 11) is 0. The summed E-state index contributed by atoms with van der Waals surface area (Å²) in [6.45, 7) is 4.81. The lowest BCUT2D eigenvalue weighted by Gasteiger charge is -2.04. The van der Waals surface area contributed by atoms with Crippen molar-refractivity contribution in [1.29, 1.82) is 0 Å². The number of hydrogen-bond donors (Lipinski definition) is 0. The summed E-state index contributed by atoms with van der Waals surface area (Å²) in [4.78, 5) is 29.8. The quantitative estimate of drug-likeness (QED) is 0.287. The van der Waals surface area contributed by atoms with Crippen molar-refractivity contribution in [2.45, 2.75) is 20.3 Å². The van der Waals surface area contributed by atoms with Gasteiger partial charge in [-0.25, -0.2) is 4.79 Å². The fourth-order valence-corrected chi connectivity index (χ4v) is 4.46. The zero-order chi connectivity index (χ0) is 25.1. The second-order valence-electron chi connectivity index (χ2n) is 7.92. The van der Waals surface area contributed by atoms with Gasteiger partial charge in [0.25, 0.3) is 5.56 Å². The summed E-state index contributed by atoms with van der Waals surface area (Å²) in [5.74, 6) is 2.06. The van der Waals surface area contributed by atoms with Crippen molar-refractivity contribution in [2.24, 2.45) is 0 Å². The van der Waals surface area contributed by atoms with E-state index in [1.54, 1.807) is 43.3 Å².